The van der Waals surface area contributed by atoms with Gasteiger partial charge in [-0.1, -0.05) is 26.0 Å². The van der Waals surface area contributed by atoms with E-state index in [-0.39, 0.29) is 17.3 Å². The third kappa shape index (κ3) is 4.82. The highest BCUT2D eigenvalue weighted by molar-refractivity contribution is 7.89. The van der Waals surface area contributed by atoms with Crippen LogP contribution in [-0.2, 0) is 14.8 Å². The van der Waals surface area contributed by atoms with Crippen LogP contribution in [0.2, 0.25) is 0 Å². The van der Waals surface area contributed by atoms with E-state index in [1.807, 2.05) is 27.7 Å². The topological polar surface area (TPSA) is 66.5 Å². The minimum atomic E-state index is -3.65. The minimum Gasteiger partial charge on any atom is -0.342 e. The van der Waals surface area contributed by atoms with E-state index in [0.717, 1.165) is 5.56 Å². The van der Waals surface area contributed by atoms with E-state index >= 15 is 0 Å². The van der Waals surface area contributed by atoms with Crippen LogP contribution >= 0.6 is 0 Å². The summed E-state index contributed by atoms with van der Waals surface area (Å²) in [7, 11) is -3.65. The average Bonchev–Trinajstić information content (AvgIpc) is 2.46. The van der Waals surface area contributed by atoms with Gasteiger partial charge in [-0.25, -0.2) is 13.1 Å². The Kier molecular flexibility index (Phi) is 6.36. The second kappa shape index (κ2) is 7.56. The first kappa shape index (κ1) is 17.7. The molecule has 6 heteroatoms. The lowest BCUT2D eigenvalue weighted by Crippen LogP contribution is -2.39. The van der Waals surface area contributed by atoms with Crippen molar-refractivity contribution in [2.24, 2.45) is 0 Å². The number of nitrogens with one attached hydrogen (secondary N) is 1. The summed E-state index contributed by atoms with van der Waals surface area (Å²) in [6, 6.07) is 6.73. The molecule has 0 aliphatic heterocycles. The normalized spacial score (nSPS) is 11.7. The van der Waals surface area contributed by atoms with Crippen LogP contribution in [-0.4, -0.2) is 38.9 Å². The number of hydrogen-bond acceptors (Lipinski definition) is 3. The van der Waals surface area contributed by atoms with Crippen molar-refractivity contribution in [1.82, 2.24) is 9.62 Å². The Morgan fingerprint density at radius 2 is 1.67 bits per heavy atom. The fourth-order valence-electron chi connectivity index (χ4n) is 1.96. The van der Waals surface area contributed by atoms with Crippen molar-refractivity contribution >= 4 is 15.9 Å². The van der Waals surface area contributed by atoms with Crippen LogP contribution in [0.1, 0.15) is 39.2 Å². The predicted octanol–water partition coefficient (Wildman–Crippen LogP) is 1.96. The van der Waals surface area contributed by atoms with Gasteiger partial charge >= 0.3 is 0 Å². The van der Waals surface area contributed by atoms with Gasteiger partial charge in [0.2, 0.25) is 15.9 Å². The second-order valence-corrected chi connectivity index (χ2v) is 6.88. The summed E-state index contributed by atoms with van der Waals surface area (Å²) >= 11 is 0. The molecule has 1 aromatic carbocycles. The van der Waals surface area contributed by atoms with Crippen LogP contribution in [0.25, 0.3) is 0 Å². The van der Waals surface area contributed by atoms with Gasteiger partial charge in [0.1, 0.15) is 0 Å². The van der Waals surface area contributed by atoms with Crippen LogP contribution in [0, 0.1) is 0 Å². The number of carbonyl (C=O) groups is 1. The largest absolute Gasteiger partial charge is 0.342 e. The van der Waals surface area contributed by atoms with Crippen molar-refractivity contribution in [3.63, 3.8) is 0 Å². The Hall–Kier alpha value is -1.40. The standard InChI is InChI=1S/C15H24N2O3S/c1-5-17(6-2)15(18)11-16-21(19,20)14-9-7-13(8-10-14)12(3)4/h7-10,12,16H,5-6,11H2,1-4H3. The Morgan fingerprint density at radius 3 is 2.10 bits per heavy atom. The summed E-state index contributed by atoms with van der Waals surface area (Å²) in [5.41, 5.74) is 1.08. The maximum atomic E-state index is 12.1. The molecule has 21 heavy (non-hydrogen) atoms. The second-order valence-electron chi connectivity index (χ2n) is 5.11. The minimum absolute atomic E-state index is 0.180. The van der Waals surface area contributed by atoms with Gasteiger partial charge in [0.25, 0.3) is 0 Å². The molecule has 0 aliphatic rings. The van der Waals surface area contributed by atoms with Gasteiger partial charge in [0.15, 0.2) is 0 Å². The lowest BCUT2D eigenvalue weighted by Gasteiger charge is -2.18. The van der Waals surface area contributed by atoms with Crippen molar-refractivity contribution in [1.29, 1.82) is 0 Å². The van der Waals surface area contributed by atoms with Crippen LogP contribution in [0.15, 0.2) is 29.2 Å². The van der Waals surface area contributed by atoms with E-state index in [2.05, 4.69) is 4.72 Å². The Balaban J connectivity index is 2.75. The Morgan fingerprint density at radius 1 is 1.14 bits per heavy atom. The third-order valence-electron chi connectivity index (χ3n) is 3.39. The van der Waals surface area contributed by atoms with E-state index in [9.17, 15) is 13.2 Å². The van der Waals surface area contributed by atoms with Gasteiger partial charge in [-0.15, -0.1) is 0 Å². The number of likely N-dealkylation sites (N-methyl/N-ethyl adjacent to an activating group) is 1. The molecule has 5 nitrogen and oxygen atoms in total. The fourth-order valence-corrected chi connectivity index (χ4v) is 2.93. The first-order chi connectivity index (χ1) is 9.81. The van der Waals surface area contributed by atoms with Crippen molar-refractivity contribution in [3.8, 4) is 0 Å². The van der Waals surface area contributed by atoms with Crippen molar-refractivity contribution < 1.29 is 13.2 Å². The summed E-state index contributed by atoms with van der Waals surface area (Å²) in [5.74, 6) is 0.126. The van der Waals surface area contributed by atoms with Crippen LogP contribution in [0.4, 0.5) is 0 Å². The molecule has 118 valence electrons. The number of carbonyl (C=O) groups excluding carboxylic acids is 1. The first-order valence-electron chi connectivity index (χ1n) is 7.19. The van der Waals surface area contributed by atoms with E-state index in [1.54, 1.807) is 29.2 Å². The van der Waals surface area contributed by atoms with E-state index in [1.165, 1.54) is 0 Å². The molecule has 0 saturated carbocycles. The number of rotatable bonds is 7. The molecule has 0 fully saturated rings. The van der Waals surface area contributed by atoms with Crippen LogP contribution in [0.5, 0.6) is 0 Å². The summed E-state index contributed by atoms with van der Waals surface area (Å²) in [6.07, 6.45) is 0. The van der Waals surface area contributed by atoms with Gasteiger partial charge in [-0.05, 0) is 37.5 Å². The van der Waals surface area contributed by atoms with Crippen LogP contribution in [0.3, 0.4) is 0 Å². The smallest absolute Gasteiger partial charge is 0.241 e. The molecule has 0 atom stereocenters. The Bertz CT molecular complexity index is 561. The molecule has 1 rings (SSSR count). The molecular formula is C15H24N2O3S. The monoisotopic (exact) mass is 312 g/mol. The Labute approximate surface area is 127 Å². The van der Waals surface area contributed by atoms with Gasteiger partial charge < -0.3 is 4.90 Å². The molecule has 1 amide bonds. The third-order valence-corrected chi connectivity index (χ3v) is 4.80. The SMILES string of the molecule is CCN(CC)C(=O)CNS(=O)(=O)c1ccc(C(C)C)cc1. The van der Waals surface area contributed by atoms with Crippen molar-refractivity contribution in [2.75, 3.05) is 19.6 Å². The lowest BCUT2D eigenvalue weighted by molar-refractivity contribution is -0.129. The molecule has 0 spiro atoms. The molecule has 0 radical (unpaired) electrons. The molecule has 0 saturated heterocycles. The summed E-state index contributed by atoms with van der Waals surface area (Å²) in [4.78, 5) is 13.6. The highest BCUT2D eigenvalue weighted by Gasteiger charge is 2.17. The fraction of sp³-hybridized carbons (Fsp3) is 0.533. The summed E-state index contributed by atoms with van der Waals surface area (Å²) in [5, 5.41) is 0. The van der Waals surface area contributed by atoms with E-state index in [0.29, 0.717) is 19.0 Å². The zero-order valence-electron chi connectivity index (χ0n) is 13.1. The van der Waals surface area contributed by atoms with Gasteiger partial charge in [-0.3, -0.25) is 4.79 Å². The van der Waals surface area contributed by atoms with Gasteiger partial charge in [0, 0.05) is 13.1 Å². The molecule has 0 bridgehead atoms. The molecular weight excluding hydrogens is 288 g/mol. The van der Waals surface area contributed by atoms with Crippen molar-refractivity contribution in [3.05, 3.63) is 29.8 Å². The van der Waals surface area contributed by atoms with E-state index < -0.39 is 10.0 Å². The van der Waals surface area contributed by atoms with Crippen molar-refractivity contribution in [2.45, 2.75) is 38.5 Å². The molecule has 0 aliphatic carbocycles. The van der Waals surface area contributed by atoms with Gasteiger partial charge in [0.05, 0.1) is 11.4 Å². The number of nitrogens with zero attached hydrogens (tertiary/aromatic N) is 1. The molecule has 1 aromatic rings. The molecule has 0 unspecified atom stereocenters. The number of sulfonamides is 1. The molecule has 0 heterocycles. The molecule has 1 N–H and O–H groups in total. The predicted molar refractivity (Wildman–Crippen MR) is 83.6 cm³/mol. The zero-order chi connectivity index (χ0) is 16.0. The maximum absolute atomic E-state index is 12.1. The van der Waals surface area contributed by atoms with Crippen LogP contribution < -0.4 is 4.72 Å². The number of amides is 1. The average molecular weight is 312 g/mol. The lowest BCUT2D eigenvalue weighted by atomic mass is 10.0. The maximum Gasteiger partial charge on any atom is 0.241 e. The zero-order valence-corrected chi connectivity index (χ0v) is 13.9. The van der Waals surface area contributed by atoms with E-state index in [4.69, 9.17) is 0 Å². The van der Waals surface area contributed by atoms with Gasteiger partial charge in [-0.2, -0.15) is 0 Å². The summed E-state index contributed by atoms with van der Waals surface area (Å²) in [6.45, 7) is 8.74. The quantitative estimate of drug-likeness (QED) is 0.837. The summed E-state index contributed by atoms with van der Waals surface area (Å²) < 4.78 is 26.6. The number of hydrogen-bond donors (Lipinski definition) is 1. The highest BCUT2D eigenvalue weighted by atomic mass is 32.2. The molecule has 0 aromatic heterocycles. The first-order valence-corrected chi connectivity index (χ1v) is 8.67. The highest BCUT2D eigenvalue weighted by Crippen LogP contribution is 2.17. The number of benzene rings is 1.